The van der Waals surface area contributed by atoms with Crippen molar-refractivity contribution in [1.29, 1.82) is 0 Å². The summed E-state index contributed by atoms with van der Waals surface area (Å²) >= 11 is 6.59. The van der Waals surface area contributed by atoms with Gasteiger partial charge in [-0.05, 0) is 24.3 Å². The van der Waals surface area contributed by atoms with E-state index in [0.29, 0.717) is 5.78 Å². The van der Waals surface area contributed by atoms with Crippen molar-refractivity contribution >= 4 is 55.6 Å². The quantitative estimate of drug-likeness (QED) is 0.485. The first-order chi connectivity index (χ1) is 11.8. The predicted octanol–water partition coefficient (Wildman–Crippen LogP) is 4.38. The van der Waals surface area contributed by atoms with Crippen LogP contribution >= 0.6 is 39.0 Å². The van der Waals surface area contributed by atoms with Crippen LogP contribution in [0.1, 0.15) is 5.69 Å². The Kier molecular flexibility index (Phi) is 4.46. The van der Waals surface area contributed by atoms with Crippen LogP contribution in [0.3, 0.4) is 0 Å². The van der Waals surface area contributed by atoms with Gasteiger partial charge in [-0.2, -0.15) is 0 Å². The number of hydrogen-bond donors (Lipinski definition) is 1. The summed E-state index contributed by atoms with van der Waals surface area (Å²) in [5.74, 6) is 1.44. The summed E-state index contributed by atoms with van der Waals surface area (Å²) in [4.78, 5) is 8.70. The fourth-order valence-corrected chi connectivity index (χ4v) is 4.15. The highest BCUT2D eigenvalue weighted by Gasteiger charge is 2.08. The molecule has 0 amide bonds. The van der Waals surface area contributed by atoms with Crippen molar-refractivity contribution in [3.63, 3.8) is 0 Å². The number of imidazole rings is 1. The molecular weight excluding hydrogens is 408 g/mol. The molecule has 0 spiro atoms. The van der Waals surface area contributed by atoms with Crippen molar-refractivity contribution in [2.45, 2.75) is 10.1 Å². The predicted molar refractivity (Wildman–Crippen MR) is 99.9 cm³/mol. The number of anilines is 2. The molecule has 0 aliphatic rings. The van der Waals surface area contributed by atoms with Gasteiger partial charge in [0.15, 0.2) is 4.34 Å². The van der Waals surface area contributed by atoms with Gasteiger partial charge in [0, 0.05) is 34.5 Å². The average molecular weight is 419 g/mol. The molecule has 0 saturated carbocycles. The molecule has 3 aromatic heterocycles. The fraction of sp³-hybridized carbons (Fsp3) is 0.0667. The van der Waals surface area contributed by atoms with E-state index < -0.39 is 0 Å². The van der Waals surface area contributed by atoms with E-state index in [1.165, 1.54) is 11.3 Å². The summed E-state index contributed by atoms with van der Waals surface area (Å²) in [7, 11) is 0. The lowest BCUT2D eigenvalue weighted by atomic mass is 10.3. The van der Waals surface area contributed by atoms with Crippen LogP contribution in [0.5, 0.6) is 0 Å². The van der Waals surface area contributed by atoms with Crippen LogP contribution in [0.25, 0.3) is 5.78 Å². The average Bonchev–Trinajstić information content (AvgIpc) is 3.19. The molecule has 24 heavy (non-hydrogen) atoms. The van der Waals surface area contributed by atoms with Gasteiger partial charge in [-0.1, -0.05) is 45.1 Å². The zero-order chi connectivity index (χ0) is 16.4. The van der Waals surface area contributed by atoms with Crippen LogP contribution in [-0.2, 0) is 5.75 Å². The second kappa shape index (κ2) is 6.88. The van der Waals surface area contributed by atoms with Crippen molar-refractivity contribution < 1.29 is 0 Å². The SMILES string of the molecule is Brc1cccc(Nc2nnc(SCc3cn4cccnc4n3)s2)c1. The number of benzene rings is 1. The Bertz CT molecular complexity index is 950. The molecule has 4 aromatic rings. The third-order valence-corrected chi connectivity index (χ3v) is 5.61. The van der Waals surface area contributed by atoms with Crippen molar-refractivity contribution in [2.75, 3.05) is 5.32 Å². The van der Waals surface area contributed by atoms with Gasteiger partial charge in [-0.3, -0.25) is 4.40 Å². The van der Waals surface area contributed by atoms with Crippen LogP contribution in [0, 0.1) is 0 Å². The topological polar surface area (TPSA) is 68.0 Å². The van der Waals surface area contributed by atoms with Crippen LogP contribution in [-0.4, -0.2) is 24.6 Å². The molecule has 0 atom stereocenters. The van der Waals surface area contributed by atoms with Crippen LogP contribution in [0.4, 0.5) is 10.8 Å². The summed E-state index contributed by atoms with van der Waals surface area (Å²) in [6, 6.07) is 9.83. The number of thioether (sulfide) groups is 1. The van der Waals surface area contributed by atoms with Crippen molar-refractivity contribution in [3.8, 4) is 0 Å². The highest BCUT2D eigenvalue weighted by Crippen LogP contribution is 2.30. The van der Waals surface area contributed by atoms with Gasteiger partial charge in [-0.15, -0.1) is 10.2 Å². The second-order valence-electron chi connectivity index (χ2n) is 4.86. The lowest BCUT2D eigenvalue weighted by Gasteiger charge is -2.01. The molecule has 120 valence electrons. The van der Waals surface area contributed by atoms with Crippen molar-refractivity contribution in [1.82, 2.24) is 24.6 Å². The monoisotopic (exact) mass is 418 g/mol. The summed E-state index contributed by atoms with van der Waals surface area (Å²) < 4.78 is 3.83. The Labute approximate surface area is 154 Å². The van der Waals surface area contributed by atoms with E-state index in [1.54, 1.807) is 18.0 Å². The van der Waals surface area contributed by atoms with E-state index in [2.05, 4.69) is 41.4 Å². The Morgan fingerprint density at radius 1 is 1.25 bits per heavy atom. The lowest BCUT2D eigenvalue weighted by Crippen LogP contribution is -1.88. The van der Waals surface area contributed by atoms with Crippen molar-refractivity contribution in [3.05, 3.63) is 59.1 Å². The summed E-state index contributed by atoms with van der Waals surface area (Å²) in [6.07, 6.45) is 5.66. The lowest BCUT2D eigenvalue weighted by molar-refractivity contribution is 1.01. The molecule has 0 unspecified atom stereocenters. The number of aromatic nitrogens is 5. The summed E-state index contributed by atoms with van der Waals surface area (Å²) in [6.45, 7) is 0. The van der Waals surface area contributed by atoms with Gasteiger partial charge in [0.05, 0.1) is 5.69 Å². The second-order valence-corrected chi connectivity index (χ2v) is 7.97. The van der Waals surface area contributed by atoms with Gasteiger partial charge in [0.1, 0.15) is 0 Å². The van der Waals surface area contributed by atoms with E-state index >= 15 is 0 Å². The molecule has 0 bridgehead atoms. The summed E-state index contributed by atoms with van der Waals surface area (Å²) in [5, 5.41) is 12.4. The third-order valence-electron chi connectivity index (χ3n) is 3.11. The minimum Gasteiger partial charge on any atom is -0.330 e. The zero-order valence-electron chi connectivity index (χ0n) is 12.3. The Morgan fingerprint density at radius 3 is 3.08 bits per heavy atom. The molecule has 0 aliphatic carbocycles. The Morgan fingerprint density at radius 2 is 2.21 bits per heavy atom. The maximum Gasteiger partial charge on any atom is 0.233 e. The van der Waals surface area contributed by atoms with Gasteiger partial charge in [0.25, 0.3) is 0 Å². The number of rotatable bonds is 5. The number of nitrogens with zero attached hydrogens (tertiary/aromatic N) is 5. The maximum atomic E-state index is 4.48. The first-order valence-electron chi connectivity index (χ1n) is 7.04. The van der Waals surface area contributed by atoms with Gasteiger partial charge in [0.2, 0.25) is 10.9 Å². The summed E-state index contributed by atoms with van der Waals surface area (Å²) in [5.41, 5.74) is 1.94. The zero-order valence-corrected chi connectivity index (χ0v) is 15.5. The molecule has 3 heterocycles. The van der Waals surface area contributed by atoms with E-state index in [9.17, 15) is 0 Å². The molecule has 0 radical (unpaired) electrons. The van der Waals surface area contributed by atoms with Gasteiger partial charge >= 0.3 is 0 Å². The van der Waals surface area contributed by atoms with Crippen LogP contribution in [0.2, 0.25) is 0 Å². The van der Waals surface area contributed by atoms with E-state index in [1.807, 2.05) is 47.1 Å². The highest BCUT2D eigenvalue weighted by atomic mass is 79.9. The maximum absolute atomic E-state index is 4.48. The number of halogens is 1. The first kappa shape index (κ1) is 15.6. The number of fused-ring (bicyclic) bond motifs is 1. The minimum absolute atomic E-state index is 0.711. The standard InChI is InChI=1S/C15H11BrN6S2/c16-10-3-1-4-11(7-10)19-14-20-21-15(24-14)23-9-12-8-22-6-2-5-17-13(22)18-12/h1-8H,9H2,(H,19,20). The molecule has 1 N–H and O–H groups in total. The van der Waals surface area contributed by atoms with E-state index in [4.69, 9.17) is 0 Å². The number of hydrogen-bond acceptors (Lipinski definition) is 7. The smallest absolute Gasteiger partial charge is 0.233 e. The minimum atomic E-state index is 0.711. The Hall–Kier alpha value is -1.97. The molecule has 0 aliphatic heterocycles. The molecular formula is C15H11BrN6S2. The molecule has 4 rings (SSSR count). The largest absolute Gasteiger partial charge is 0.330 e. The Balaban J connectivity index is 1.41. The van der Waals surface area contributed by atoms with Gasteiger partial charge in [-0.25, -0.2) is 9.97 Å². The molecule has 0 fully saturated rings. The molecule has 9 heteroatoms. The van der Waals surface area contributed by atoms with Crippen LogP contribution in [0.15, 0.2) is 57.7 Å². The van der Waals surface area contributed by atoms with Gasteiger partial charge < -0.3 is 5.32 Å². The highest BCUT2D eigenvalue weighted by molar-refractivity contribution is 9.10. The van der Waals surface area contributed by atoms with Crippen LogP contribution < -0.4 is 5.32 Å². The molecule has 0 saturated heterocycles. The fourth-order valence-electron chi connectivity index (χ4n) is 2.09. The molecule has 6 nitrogen and oxygen atoms in total. The first-order valence-corrected chi connectivity index (χ1v) is 9.63. The van der Waals surface area contributed by atoms with E-state index in [-0.39, 0.29) is 0 Å². The molecule has 1 aromatic carbocycles. The van der Waals surface area contributed by atoms with Crippen molar-refractivity contribution in [2.24, 2.45) is 0 Å². The third kappa shape index (κ3) is 3.58. The number of nitrogens with one attached hydrogen (secondary N) is 1. The normalized spacial score (nSPS) is 11.0. The van der Waals surface area contributed by atoms with E-state index in [0.717, 1.165) is 31.1 Å².